The number of nitrogens with two attached hydrogens (primary N) is 1. The lowest BCUT2D eigenvalue weighted by Crippen LogP contribution is -2.34. The molecule has 0 spiro atoms. The number of ether oxygens (including phenoxy) is 1. The first-order valence-electron chi connectivity index (χ1n) is 10.2. The third-order valence-electron chi connectivity index (χ3n) is 4.46. The van der Waals surface area contributed by atoms with Crippen LogP contribution in [-0.4, -0.2) is 11.7 Å². The normalized spacial score (nSPS) is 12.9. The number of benzene rings is 2. The van der Waals surface area contributed by atoms with Crippen molar-refractivity contribution in [1.82, 2.24) is 5.32 Å². The van der Waals surface area contributed by atoms with Gasteiger partial charge in [-0.05, 0) is 89.7 Å². The van der Waals surface area contributed by atoms with E-state index in [1.54, 1.807) is 20.8 Å². The summed E-state index contributed by atoms with van der Waals surface area (Å²) in [5.41, 5.74) is 3.55. The molecule has 0 bridgehead atoms. The molecule has 0 aliphatic rings. The number of carbonyl (C=O) groups excluding carboxylic acids is 1. The van der Waals surface area contributed by atoms with Crippen molar-refractivity contribution in [2.24, 2.45) is 5.73 Å². The van der Waals surface area contributed by atoms with Crippen molar-refractivity contribution in [2.75, 3.05) is 0 Å². The van der Waals surface area contributed by atoms with Crippen LogP contribution in [0.25, 0.3) is 0 Å². The number of amides is 1. The average molecular weight is 673 g/mol. The van der Waals surface area contributed by atoms with Crippen LogP contribution >= 0.6 is 44.3 Å². The summed E-state index contributed by atoms with van der Waals surface area (Å²) in [7, 11) is 0. The van der Waals surface area contributed by atoms with Crippen LogP contribution in [0.15, 0.2) is 33.2 Å². The molecule has 2 aromatic rings. The van der Waals surface area contributed by atoms with Gasteiger partial charge in [-0.1, -0.05) is 12.1 Å². The van der Waals surface area contributed by atoms with E-state index in [4.69, 9.17) is 10.5 Å². The van der Waals surface area contributed by atoms with Crippen LogP contribution in [0.5, 0.6) is 0 Å². The molecule has 2 rings (SSSR count). The highest BCUT2D eigenvalue weighted by Crippen LogP contribution is 2.34. The smallest absolute Gasteiger partial charge is 0.408 e. The molecule has 36 heavy (non-hydrogen) atoms. The summed E-state index contributed by atoms with van der Waals surface area (Å²) in [5, 5.41) is 2.42. The van der Waals surface area contributed by atoms with E-state index < -0.39 is 59.4 Å². The van der Waals surface area contributed by atoms with Crippen molar-refractivity contribution in [3.8, 4) is 0 Å². The molecule has 0 unspecified atom stereocenters. The Labute approximate surface area is 229 Å². The second kappa shape index (κ2) is 14.4. The summed E-state index contributed by atoms with van der Waals surface area (Å²) < 4.78 is 83.2. The Morgan fingerprint density at radius 3 is 1.64 bits per heavy atom. The molecular formula is C23H27Br2ClF6N2O2. The van der Waals surface area contributed by atoms with Crippen LogP contribution < -0.4 is 11.1 Å². The second-order valence-corrected chi connectivity index (χ2v) is 10.2. The van der Waals surface area contributed by atoms with Crippen molar-refractivity contribution in [1.29, 1.82) is 0 Å². The third-order valence-corrected chi connectivity index (χ3v) is 5.68. The molecule has 0 aliphatic heterocycles. The van der Waals surface area contributed by atoms with Crippen LogP contribution in [0.3, 0.4) is 0 Å². The van der Waals surface area contributed by atoms with Gasteiger partial charge in [0, 0.05) is 6.04 Å². The van der Waals surface area contributed by atoms with Gasteiger partial charge in [-0.15, -0.1) is 12.4 Å². The van der Waals surface area contributed by atoms with E-state index in [-0.39, 0.29) is 32.5 Å². The minimum atomic E-state index is -2.99. The van der Waals surface area contributed by atoms with Crippen LogP contribution in [0.2, 0.25) is 0 Å². The summed E-state index contributed by atoms with van der Waals surface area (Å²) in [4.78, 5) is 11.7. The predicted octanol–water partition coefficient (Wildman–Crippen LogP) is 9.08. The van der Waals surface area contributed by atoms with Crippen LogP contribution in [0, 0.1) is 11.6 Å². The fraction of sp³-hybridized carbons (Fsp3) is 0.435. The van der Waals surface area contributed by atoms with Crippen molar-refractivity contribution in [3.05, 3.63) is 67.1 Å². The largest absolute Gasteiger partial charge is 0.444 e. The Morgan fingerprint density at radius 1 is 0.889 bits per heavy atom. The van der Waals surface area contributed by atoms with Crippen LogP contribution in [-0.2, 0) is 4.74 Å². The Hall–Kier alpha value is -1.50. The standard InChI is InChI=1S/C14H17BrF3NO2.C9H9BrF3N.ClH/c1-7(19-13(20)21-14(2,3)4)8-5-6-9(15)11(16)10(8)12(17)18;1-4(14)5-2-3-6(10)8(11)7(5)9(12)13;/h5-7,12H,1-4H3,(H,19,20);2-4,9H,14H2,1H3;1H/t7-;4-;/m11./s1. The molecular weight excluding hydrogens is 646 g/mol. The highest BCUT2D eigenvalue weighted by Gasteiger charge is 2.26. The third kappa shape index (κ3) is 9.75. The quantitative estimate of drug-likeness (QED) is 0.312. The lowest BCUT2D eigenvalue weighted by atomic mass is 10.0. The van der Waals surface area contributed by atoms with Gasteiger partial charge < -0.3 is 15.8 Å². The van der Waals surface area contributed by atoms with Gasteiger partial charge >= 0.3 is 6.09 Å². The molecule has 0 radical (unpaired) electrons. The van der Waals surface area contributed by atoms with Gasteiger partial charge in [0.05, 0.1) is 26.1 Å². The van der Waals surface area contributed by atoms with Crippen molar-refractivity contribution in [2.45, 2.75) is 65.2 Å². The van der Waals surface area contributed by atoms with E-state index in [2.05, 4.69) is 37.2 Å². The Balaban J connectivity index is 0.000000713. The number of halogens is 9. The van der Waals surface area contributed by atoms with Gasteiger partial charge in [-0.2, -0.15) is 0 Å². The molecule has 0 aromatic heterocycles. The first-order chi connectivity index (χ1) is 16.0. The van der Waals surface area contributed by atoms with Gasteiger partial charge in [0.25, 0.3) is 12.9 Å². The van der Waals surface area contributed by atoms with E-state index in [0.717, 1.165) is 0 Å². The maximum absolute atomic E-state index is 13.8. The zero-order valence-corrected chi connectivity index (χ0v) is 23.9. The zero-order chi connectivity index (χ0) is 27.2. The Kier molecular flexibility index (Phi) is 13.8. The fourth-order valence-electron chi connectivity index (χ4n) is 2.94. The first-order valence-corrected chi connectivity index (χ1v) is 11.8. The van der Waals surface area contributed by atoms with Gasteiger partial charge in [0.15, 0.2) is 0 Å². The van der Waals surface area contributed by atoms with Crippen molar-refractivity contribution < 1.29 is 35.9 Å². The lowest BCUT2D eigenvalue weighted by molar-refractivity contribution is 0.0505. The Morgan fingerprint density at radius 2 is 1.28 bits per heavy atom. The molecule has 2 aromatic carbocycles. The molecule has 13 heteroatoms. The van der Waals surface area contributed by atoms with Crippen LogP contribution in [0.1, 0.15) is 81.8 Å². The van der Waals surface area contributed by atoms with E-state index in [9.17, 15) is 31.1 Å². The number of hydrogen-bond acceptors (Lipinski definition) is 3. The Bertz CT molecular complexity index is 1040. The molecule has 2 atom stereocenters. The number of alkyl halides is 4. The summed E-state index contributed by atoms with van der Waals surface area (Å²) in [5.74, 6) is -1.96. The van der Waals surface area contributed by atoms with Gasteiger partial charge in [-0.25, -0.2) is 31.1 Å². The SMILES string of the molecule is C[C@@H](N)c1ccc(Br)c(F)c1C(F)F.C[C@@H](NC(=O)OC(C)(C)C)c1ccc(Br)c(F)c1C(F)F.Cl. The molecule has 3 N–H and O–H groups in total. The number of alkyl carbamates (subject to hydrolysis) is 1. The second-order valence-electron chi connectivity index (χ2n) is 8.49. The molecule has 4 nitrogen and oxygen atoms in total. The minimum absolute atomic E-state index is 0. The molecule has 0 saturated heterocycles. The molecule has 0 saturated carbocycles. The van der Waals surface area contributed by atoms with Crippen LogP contribution in [0.4, 0.5) is 31.1 Å². The number of carbonyl (C=O) groups is 1. The van der Waals surface area contributed by atoms with Crippen molar-refractivity contribution in [3.63, 3.8) is 0 Å². The summed E-state index contributed by atoms with van der Waals surface area (Å²) in [6, 6.07) is 4.02. The molecule has 1 amide bonds. The van der Waals surface area contributed by atoms with Gasteiger partial charge in [0.1, 0.15) is 17.2 Å². The first kappa shape index (κ1) is 34.5. The molecule has 0 fully saturated rings. The summed E-state index contributed by atoms with van der Waals surface area (Å²) in [6.07, 6.45) is -6.59. The van der Waals surface area contributed by atoms with Gasteiger partial charge in [-0.3, -0.25) is 0 Å². The van der Waals surface area contributed by atoms with Crippen molar-refractivity contribution >= 4 is 50.4 Å². The maximum Gasteiger partial charge on any atom is 0.408 e. The minimum Gasteiger partial charge on any atom is -0.444 e. The molecule has 0 heterocycles. The fourth-order valence-corrected chi connectivity index (χ4v) is 3.63. The summed E-state index contributed by atoms with van der Waals surface area (Å²) in [6.45, 7) is 8.07. The number of nitrogens with one attached hydrogen (secondary N) is 1. The number of hydrogen-bond donors (Lipinski definition) is 2. The molecule has 0 aliphatic carbocycles. The van der Waals surface area contributed by atoms with E-state index >= 15 is 0 Å². The monoisotopic (exact) mass is 670 g/mol. The zero-order valence-electron chi connectivity index (χ0n) is 19.9. The van der Waals surface area contributed by atoms with E-state index in [1.807, 2.05) is 0 Å². The topological polar surface area (TPSA) is 64.3 Å². The average Bonchev–Trinajstić information content (AvgIpc) is 2.69. The van der Waals surface area contributed by atoms with Gasteiger partial charge in [0.2, 0.25) is 0 Å². The van der Waals surface area contributed by atoms with E-state index in [0.29, 0.717) is 0 Å². The molecule has 204 valence electrons. The highest BCUT2D eigenvalue weighted by molar-refractivity contribution is 9.10. The predicted molar refractivity (Wildman–Crippen MR) is 136 cm³/mol. The highest BCUT2D eigenvalue weighted by atomic mass is 79.9. The lowest BCUT2D eigenvalue weighted by Gasteiger charge is -2.23. The summed E-state index contributed by atoms with van der Waals surface area (Å²) >= 11 is 5.72. The number of rotatable bonds is 5. The van der Waals surface area contributed by atoms with E-state index in [1.165, 1.54) is 38.1 Å². The maximum atomic E-state index is 13.8.